The van der Waals surface area contributed by atoms with Gasteiger partial charge in [-0.1, -0.05) is 5.16 Å². The molecule has 0 aliphatic carbocycles. The van der Waals surface area contributed by atoms with E-state index in [0.717, 1.165) is 36.7 Å². The van der Waals surface area contributed by atoms with Crippen molar-refractivity contribution in [2.24, 2.45) is 0 Å². The van der Waals surface area contributed by atoms with Crippen LogP contribution in [0.15, 0.2) is 10.7 Å². The average molecular weight is 304 g/mol. The Morgan fingerprint density at radius 1 is 1.36 bits per heavy atom. The fourth-order valence-corrected chi connectivity index (χ4v) is 2.87. The fraction of sp³-hybridized carbons (Fsp3) is 0.667. The quantitative estimate of drug-likeness (QED) is 0.908. The molecule has 0 amide bonds. The molecule has 0 bridgehead atoms. The summed E-state index contributed by atoms with van der Waals surface area (Å²) in [5.74, 6) is 1.27. The van der Waals surface area contributed by atoms with Gasteiger partial charge in [0.1, 0.15) is 0 Å². The molecule has 0 aromatic carbocycles. The summed E-state index contributed by atoms with van der Waals surface area (Å²) in [6.45, 7) is 11.2. The number of likely N-dealkylation sites (N-methyl/N-ethyl adjacent to an activating group) is 1. The minimum absolute atomic E-state index is 0.0707. The van der Waals surface area contributed by atoms with Gasteiger partial charge in [0.15, 0.2) is 5.82 Å². The van der Waals surface area contributed by atoms with Crippen LogP contribution in [-0.4, -0.2) is 51.5 Å². The Morgan fingerprint density at radius 3 is 2.77 bits per heavy atom. The van der Waals surface area contributed by atoms with Crippen LogP contribution in [0.4, 0.5) is 0 Å². The van der Waals surface area contributed by atoms with E-state index >= 15 is 0 Å². The van der Waals surface area contributed by atoms with E-state index in [1.54, 1.807) is 6.20 Å². The van der Waals surface area contributed by atoms with Gasteiger partial charge in [-0.2, -0.15) is 10.1 Å². The molecule has 7 nitrogen and oxygen atoms in total. The molecule has 1 fully saturated rings. The van der Waals surface area contributed by atoms with E-state index in [9.17, 15) is 0 Å². The smallest absolute Gasteiger partial charge is 0.261 e. The lowest BCUT2D eigenvalue weighted by Gasteiger charge is -2.30. The van der Waals surface area contributed by atoms with Gasteiger partial charge in [0.25, 0.3) is 5.89 Å². The van der Waals surface area contributed by atoms with Crippen LogP contribution in [0.1, 0.15) is 38.3 Å². The Hall–Kier alpha value is -1.73. The first-order valence-corrected chi connectivity index (χ1v) is 7.68. The lowest BCUT2D eigenvalue weighted by molar-refractivity contribution is 0.190. The third-order valence-electron chi connectivity index (χ3n) is 4.13. The van der Waals surface area contributed by atoms with Crippen LogP contribution in [0.5, 0.6) is 0 Å². The number of nitrogens with zero attached hydrogens (tertiary/aromatic N) is 5. The van der Waals surface area contributed by atoms with Crippen molar-refractivity contribution in [1.29, 1.82) is 0 Å². The molecule has 1 N–H and O–H groups in total. The zero-order valence-corrected chi connectivity index (χ0v) is 13.9. The number of rotatable bonds is 2. The zero-order chi connectivity index (χ0) is 15.9. The molecule has 1 aliphatic heterocycles. The first-order valence-electron chi connectivity index (χ1n) is 7.68. The van der Waals surface area contributed by atoms with Crippen LogP contribution in [0.3, 0.4) is 0 Å². The van der Waals surface area contributed by atoms with Crippen molar-refractivity contribution < 1.29 is 4.52 Å². The second-order valence-corrected chi connectivity index (χ2v) is 6.88. The number of nitrogens with one attached hydrogen (secondary N) is 1. The molecule has 1 unspecified atom stereocenters. The third kappa shape index (κ3) is 2.66. The highest BCUT2D eigenvalue weighted by molar-refractivity contribution is 5.55. The minimum atomic E-state index is -0.0707. The first-order chi connectivity index (χ1) is 10.4. The van der Waals surface area contributed by atoms with Gasteiger partial charge in [-0.05, 0) is 34.7 Å². The Labute approximate surface area is 130 Å². The molecular weight excluding hydrogens is 280 g/mol. The normalized spacial score (nSPS) is 20.5. The van der Waals surface area contributed by atoms with Crippen LogP contribution in [0.25, 0.3) is 11.5 Å². The molecule has 120 valence electrons. The van der Waals surface area contributed by atoms with E-state index in [2.05, 4.69) is 53.3 Å². The first kappa shape index (κ1) is 15.2. The third-order valence-corrected chi connectivity index (χ3v) is 4.13. The topological polar surface area (TPSA) is 72.0 Å². The Kier molecular flexibility index (Phi) is 3.78. The molecule has 7 heteroatoms. The van der Waals surface area contributed by atoms with Gasteiger partial charge in [0.05, 0.1) is 23.3 Å². The summed E-state index contributed by atoms with van der Waals surface area (Å²) < 4.78 is 7.48. The standard InChI is InChI=1S/C15H24N6O/c1-10-11(8-17-21(10)15(2,3)4)14-18-13(19-22-14)12-9-16-6-7-20(12)5/h8,12,16H,6-7,9H2,1-5H3. The molecule has 1 atom stereocenters. The molecular formula is C15H24N6O. The summed E-state index contributed by atoms with van der Waals surface area (Å²) in [6.07, 6.45) is 1.81. The minimum Gasteiger partial charge on any atom is -0.334 e. The maximum absolute atomic E-state index is 5.49. The monoisotopic (exact) mass is 304 g/mol. The van der Waals surface area contributed by atoms with Crippen molar-refractivity contribution in [2.45, 2.75) is 39.3 Å². The van der Waals surface area contributed by atoms with E-state index in [1.807, 2.05) is 11.6 Å². The van der Waals surface area contributed by atoms with E-state index in [-0.39, 0.29) is 11.6 Å². The number of hydrogen-bond acceptors (Lipinski definition) is 6. The fourth-order valence-electron chi connectivity index (χ4n) is 2.87. The molecule has 0 saturated carbocycles. The van der Waals surface area contributed by atoms with Crippen LogP contribution in [-0.2, 0) is 5.54 Å². The van der Waals surface area contributed by atoms with E-state index in [1.165, 1.54) is 0 Å². The van der Waals surface area contributed by atoms with E-state index in [0.29, 0.717) is 5.89 Å². The molecule has 3 heterocycles. The van der Waals surface area contributed by atoms with Crippen molar-refractivity contribution in [2.75, 3.05) is 26.7 Å². The molecule has 2 aromatic rings. The molecule has 0 spiro atoms. The number of aromatic nitrogens is 4. The summed E-state index contributed by atoms with van der Waals surface area (Å²) in [7, 11) is 2.09. The molecule has 1 aliphatic rings. The van der Waals surface area contributed by atoms with Crippen molar-refractivity contribution in [3.05, 3.63) is 17.7 Å². The second kappa shape index (κ2) is 5.48. The van der Waals surface area contributed by atoms with Crippen molar-refractivity contribution in [1.82, 2.24) is 30.1 Å². The maximum atomic E-state index is 5.49. The van der Waals surface area contributed by atoms with Gasteiger partial charge in [0, 0.05) is 25.3 Å². The molecule has 3 rings (SSSR count). The van der Waals surface area contributed by atoms with Crippen LogP contribution >= 0.6 is 0 Å². The summed E-state index contributed by atoms with van der Waals surface area (Å²) in [6, 6.07) is 0.157. The van der Waals surface area contributed by atoms with Crippen molar-refractivity contribution in [3.63, 3.8) is 0 Å². The predicted molar refractivity (Wildman–Crippen MR) is 83.5 cm³/mol. The van der Waals surface area contributed by atoms with Crippen molar-refractivity contribution in [3.8, 4) is 11.5 Å². The van der Waals surface area contributed by atoms with Crippen LogP contribution < -0.4 is 5.32 Å². The second-order valence-electron chi connectivity index (χ2n) is 6.88. The summed E-state index contributed by atoms with van der Waals surface area (Å²) in [4.78, 5) is 6.84. The SMILES string of the molecule is Cc1c(-c2nc(C3CNCCN3C)no2)cnn1C(C)(C)C. The van der Waals surface area contributed by atoms with Gasteiger partial charge >= 0.3 is 0 Å². The number of hydrogen-bond donors (Lipinski definition) is 1. The summed E-state index contributed by atoms with van der Waals surface area (Å²) in [5.41, 5.74) is 1.87. The molecule has 0 radical (unpaired) electrons. The Morgan fingerprint density at radius 2 is 2.14 bits per heavy atom. The predicted octanol–water partition coefficient (Wildman–Crippen LogP) is 1.57. The van der Waals surface area contributed by atoms with Crippen LogP contribution in [0, 0.1) is 6.92 Å². The highest BCUT2D eigenvalue weighted by Crippen LogP contribution is 2.27. The highest BCUT2D eigenvalue weighted by atomic mass is 16.5. The van der Waals surface area contributed by atoms with Crippen molar-refractivity contribution >= 4 is 0 Å². The largest absolute Gasteiger partial charge is 0.334 e. The van der Waals surface area contributed by atoms with Crippen LogP contribution in [0.2, 0.25) is 0 Å². The summed E-state index contributed by atoms with van der Waals surface area (Å²) >= 11 is 0. The Balaban J connectivity index is 1.90. The highest BCUT2D eigenvalue weighted by Gasteiger charge is 2.27. The number of piperazine rings is 1. The van der Waals surface area contributed by atoms with E-state index < -0.39 is 0 Å². The lowest BCUT2D eigenvalue weighted by Crippen LogP contribution is -2.44. The van der Waals surface area contributed by atoms with Gasteiger partial charge in [0.2, 0.25) is 0 Å². The maximum Gasteiger partial charge on any atom is 0.261 e. The van der Waals surface area contributed by atoms with E-state index in [4.69, 9.17) is 4.52 Å². The van der Waals surface area contributed by atoms with Gasteiger partial charge in [-0.25, -0.2) is 0 Å². The van der Waals surface area contributed by atoms with Gasteiger partial charge < -0.3 is 9.84 Å². The molecule has 2 aromatic heterocycles. The average Bonchev–Trinajstić information content (AvgIpc) is 3.04. The summed E-state index contributed by atoms with van der Waals surface area (Å²) in [5, 5.41) is 12.0. The van der Waals surface area contributed by atoms with Gasteiger partial charge in [-0.15, -0.1) is 0 Å². The molecule has 22 heavy (non-hydrogen) atoms. The Bertz CT molecular complexity index is 653. The zero-order valence-electron chi connectivity index (χ0n) is 13.9. The van der Waals surface area contributed by atoms with Gasteiger partial charge in [-0.3, -0.25) is 9.58 Å². The lowest BCUT2D eigenvalue weighted by atomic mass is 10.1. The molecule has 1 saturated heterocycles.